The molecule has 9 nitrogen and oxygen atoms in total. The van der Waals surface area contributed by atoms with Crippen molar-refractivity contribution in [1.29, 1.82) is 0 Å². The molecule has 2 aromatic rings. The van der Waals surface area contributed by atoms with Crippen molar-refractivity contribution >= 4 is 33.7 Å². The number of hydrogen-bond acceptors (Lipinski definition) is 8. The molecule has 0 aliphatic heterocycles. The predicted molar refractivity (Wildman–Crippen MR) is 200 cm³/mol. The zero-order chi connectivity index (χ0) is 37.8. The summed E-state index contributed by atoms with van der Waals surface area (Å²) in [5, 5.41) is 18.8. The van der Waals surface area contributed by atoms with Gasteiger partial charge in [-0.2, -0.15) is 0 Å². The molecule has 0 bridgehead atoms. The molecule has 2 heterocycles. The molecule has 7 rings (SSSR count). The van der Waals surface area contributed by atoms with Crippen molar-refractivity contribution in [2.24, 2.45) is 50.7 Å². The van der Waals surface area contributed by atoms with Gasteiger partial charge in [-0.3, -0.25) is 14.4 Å². The van der Waals surface area contributed by atoms with Gasteiger partial charge in [-0.15, -0.1) is 10.2 Å². The second-order valence-corrected chi connectivity index (χ2v) is 20.2. The molecule has 0 saturated heterocycles. The average molecular weight is 779 g/mol. The Morgan fingerprint density at radius 2 is 1.71 bits per heavy atom. The maximum absolute atomic E-state index is 14.1. The molecule has 5 aliphatic rings. The van der Waals surface area contributed by atoms with E-state index in [9.17, 15) is 19.5 Å². The van der Waals surface area contributed by atoms with Crippen LogP contribution in [0.3, 0.4) is 0 Å². The van der Waals surface area contributed by atoms with E-state index < -0.39 is 22.8 Å². The molecule has 0 unspecified atom stereocenters. The van der Waals surface area contributed by atoms with E-state index in [0.717, 1.165) is 61.4 Å². The molecule has 4 fully saturated rings. The SMILES string of the molecule is CC(C)C1=C2[C@H]3CC[C@@H]4[C@@]5(C)CC[C@H](OC(=O)CC(C)(C)C(=O)O)C(C)(C)[C@@H]5CC[C@@]4(C)[C@]3(C)CC[C@@]2(c2nnc(-c3ccc(Br)cn3)o2)CC1=O. The van der Waals surface area contributed by atoms with Crippen LogP contribution < -0.4 is 0 Å². The van der Waals surface area contributed by atoms with Crippen molar-refractivity contribution in [3.63, 3.8) is 0 Å². The lowest BCUT2D eigenvalue weighted by Gasteiger charge is -2.72. The zero-order valence-electron chi connectivity index (χ0n) is 32.4. The number of carbonyl (C=O) groups excluding carboxylic acids is 2. The quantitative estimate of drug-likeness (QED) is 0.273. The normalized spacial score (nSPS) is 36.9. The molecule has 1 N–H and O–H groups in total. The zero-order valence-corrected chi connectivity index (χ0v) is 34.0. The van der Waals surface area contributed by atoms with Crippen LogP contribution in [0, 0.1) is 50.7 Å². The lowest BCUT2D eigenvalue weighted by atomic mass is 9.33. The summed E-state index contributed by atoms with van der Waals surface area (Å²) in [6.45, 7) is 19.6. The standard InChI is InChI=1S/C42H56BrN3O6/c1-23(2)32-27(47)20-42(35-46-45-34(52-35)26-12-10-24(43)22-44-26)19-18-40(8)25(33(32)42)11-13-29-39(7)16-15-30(51-31(48)21-37(3,4)36(49)50)38(5,6)28(39)14-17-41(29,40)9/h10,12,22-23,25,28-30H,11,13-21H2,1-9H3,(H,49,50)/t25-,28+,29-,30+,39+,40-,41-,42-/m1/s1. The van der Waals surface area contributed by atoms with E-state index in [1.807, 2.05) is 12.1 Å². The summed E-state index contributed by atoms with van der Waals surface area (Å²) >= 11 is 3.46. The smallest absolute Gasteiger partial charge is 0.309 e. The van der Waals surface area contributed by atoms with Gasteiger partial charge in [0.05, 0.1) is 17.3 Å². The van der Waals surface area contributed by atoms with Gasteiger partial charge in [0.25, 0.3) is 5.89 Å². The third-order valence-electron chi connectivity index (χ3n) is 15.6. The van der Waals surface area contributed by atoms with Crippen LogP contribution in [0.2, 0.25) is 0 Å². The molecule has 52 heavy (non-hydrogen) atoms. The van der Waals surface area contributed by atoms with Crippen molar-refractivity contribution in [2.45, 2.75) is 138 Å². The van der Waals surface area contributed by atoms with Crippen molar-refractivity contribution in [3.8, 4) is 11.6 Å². The summed E-state index contributed by atoms with van der Waals surface area (Å²) in [7, 11) is 0. The van der Waals surface area contributed by atoms with Gasteiger partial charge in [0.15, 0.2) is 5.78 Å². The molecular weight excluding hydrogens is 722 g/mol. The average Bonchev–Trinajstić information content (AvgIpc) is 3.66. The number of ether oxygens (including phenoxy) is 1. The van der Waals surface area contributed by atoms with E-state index in [0.29, 0.717) is 35.7 Å². The summed E-state index contributed by atoms with van der Waals surface area (Å²) in [6.07, 6.45) is 9.46. The first-order valence-electron chi connectivity index (χ1n) is 19.4. The number of aliphatic carboxylic acids is 1. The highest BCUT2D eigenvalue weighted by atomic mass is 79.9. The molecule has 10 heteroatoms. The number of hydrogen-bond donors (Lipinski definition) is 1. The summed E-state index contributed by atoms with van der Waals surface area (Å²) in [6, 6.07) is 3.78. The summed E-state index contributed by atoms with van der Waals surface area (Å²) < 4.78 is 13.5. The molecular formula is C42H56BrN3O6. The minimum absolute atomic E-state index is 0.0283. The lowest BCUT2D eigenvalue weighted by Crippen LogP contribution is -2.66. The predicted octanol–water partition coefficient (Wildman–Crippen LogP) is 9.54. The molecule has 0 radical (unpaired) electrons. The largest absolute Gasteiger partial charge is 0.481 e. The van der Waals surface area contributed by atoms with E-state index in [4.69, 9.17) is 9.15 Å². The van der Waals surface area contributed by atoms with Crippen LogP contribution in [0.4, 0.5) is 0 Å². The first kappa shape index (κ1) is 37.4. The van der Waals surface area contributed by atoms with Crippen LogP contribution in [-0.4, -0.2) is 44.1 Å². The number of ketones is 1. The molecule has 0 aromatic carbocycles. The molecule has 4 saturated carbocycles. The van der Waals surface area contributed by atoms with E-state index >= 15 is 0 Å². The van der Waals surface area contributed by atoms with Crippen LogP contribution in [-0.2, 0) is 24.5 Å². The lowest BCUT2D eigenvalue weighted by molar-refractivity contribution is -0.232. The Bertz CT molecular complexity index is 1830. The third kappa shape index (κ3) is 5.33. The Morgan fingerprint density at radius 3 is 2.37 bits per heavy atom. The molecule has 282 valence electrons. The van der Waals surface area contributed by atoms with Crippen LogP contribution >= 0.6 is 15.9 Å². The highest BCUT2D eigenvalue weighted by molar-refractivity contribution is 9.10. The molecule has 2 aromatic heterocycles. The van der Waals surface area contributed by atoms with Crippen molar-refractivity contribution in [1.82, 2.24) is 15.2 Å². The van der Waals surface area contributed by atoms with E-state index in [2.05, 4.69) is 79.6 Å². The first-order valence-corrected chi connectivity index (χ1v) is 20.2. The number of carbonyl (C=O) groups is 3. The number of Topliss-reactive ketones (excluding diaryl/α,β-unsaturated/α-hetero) is 1. The number of nitrogens with zero attached hydrogens (tertiary/aromatic N) is 3. The highest BCUT2D eigenvalue weighted by Crippen LogP contribution is 2.76. The second-order valence-electron chi connectivity index (χ2n) is 19.3. The fourth-order valence-electron chi connectivity index (χ4n) is 12.7. The number of carboxylic acids is 1. The molecule has 8 atom stereocenters. The Hall–Kier alpha value is -2.88. The minimum Gasteiger partial charge on any atom is -0.481 e. The van der Waals surface area contributed by atoms with Crippen LogP contribution in [0.5, 0.6) is 0 Å². The van der Waals surface area contributed by atoms with Gasteiger partial charge in [-0.1, -0.05) is 48.5 Å². The number of fused-ring (bicyclic) bond motifs is 7. The Labute approximate surface area is 316 Å². The number of pyridine rings is 1. The first-order chi connectivity index (χ1) is 24.2. The number of esters is 1. The maximum atomic E-state index is 14.1. The third-order valence-corrected chi connectivity index (χ3v) is 16.1. The van der Waals surface area contributed by atoms with Gasteiger partial charge in [0.1, 0.15) is 11.8 Å². The summed E-state index contributed by atoms with van der Waals surface area (Å²) in [5.41, 5.74) is 0.933. The summed E-state index contributed by atoms with van der Waals surface area (Å²) in [5.74, 6) is 0.917. The van der Waals surface area contributed by atoms with Crippen LogP contribution in [0.1, 0.15) is 132 Å². The number of carboxylic acid groups (broad SMARTS) is 1. The van der Waals surface area contributed by atoms with Crippen molar-refractivity contribution in [2.75, 3.05) is 0 Å². The number of aromatic nitrogens is 3. The van der Waals surface area contributed by atoms with E-state index in [-0.39, 0.29) is 51.8 Å². The van der Waals surface area contributed by atoms with E-state index in [1.165, 1.54) is 5.57 Å². The second kappa shape index (κ2) is 12.3. The molecule has 5 aliphatic carbocycles. The van der Waals surface area contributed by atoms with Gasteiger partial charge in [-0.05, 0) is 144 Å². The maximum Gasteiger partial charge on any atom is 0.309 e. The fourth-order valence-corrected chi connectivity index (χ4v) is 13.0. The monoisotopic (exact) mass is 777 g/mol. The topological polar surface area (TPSA) is 132 Å². The molecule has 0 amide bonds. The molecule has 0 spiro atoms. The number of halogens is 1. The van der Waals surface area contributed by atoms with Gasteiger partial charge in [0.2, 0.25) is 5.89 Å². The van der Waals surface area contributed by atoms with E-state index in [1.54, 1.807) is 20.0 Å². The number of allylic oxidation sites excluding steroid dienone is 2. The minimum atomic E-state index is -1.17. The fraction of sp³-hybridized carbons (Fsp3) is 0.714. The van der Waals surface area contributed by atoms with Crippen molar-refractivity contribution < 1.29 is 28.6 Å². The Kier molecular flexibility index (Phi) is 8.87. The Morgan fingerprint density at radius 1 is 0.981 bits per heavy atom. The van der Waals surface area contributed by atoms with Crippen molar-refractivity contribution in [3.05, 3.63) is 39.8 Å². The van der Waals surface area contributed by atoms with Gasteiger partial charge < -0.3 is 14.3 Å². The van der Waals surface area contributed by atoms with Gasteiger partial charge in [0, 0.05) is 22.5 Å². The highest BCUT2D eigenvalue weighted by Gasteiger charge is 2.71. The number of rotatable bonds is 7. The summed E-state index contributed by atoms with van der Waals surface area (Å²) in [4.78, 5) is 43.5. The van der Waals surface area contributed by atoms with Crippen LogP contribution in [0.15, 0.2) is 38.4 Å². The van der Waals surface area contributed by atoms with Crippen LogP contribution in [0.25, 0.3) is 11.6 Å². The Balaban J connectivity index is 1.20. The van der Waals surface area contributed by atoms with Gasteiger partial charge >= 0.3 is 11.9 Å². The van der Waals surface area contributed by atoms with Gasteiger partial charge in [-0.25, -0.2) is 4.98 Å².